The van der Waals surface area contributed by atoms with Crippen LogP contribution in [0.25, 0.3) is 0 Å². The van der Waals surface area contributed by atoms with Gasteiger partial charge in [-0.2, -0.15) is 0 Å². The molecule has 0 atom stereocenters. The number of aliphatic hydroxyl groups is 1. The van der Waals surface area contributed by atoms with Crippen molar-refractivity contribution in [1.82, 2.24) is 0 Å². The van der Waals surface area contributed by atoms with Crippen molar-refractivity contribution in [2.24, 2.45) is 5.14 Å². The van der Waals surface area contributed by atoms with E-state index in [1.54, 1.807) is 0 Å². The lowest BCUT2D eigenvalue weighted by atomic mass is 10.0. The Morgan fingerprint density at radius 3 is 2.29 bits per heavy atom. The first-order valence-electron chi connectivity index (χ1n) is 3.67. The van der Waals surface area contributed by atoms with Crippen LogP contribution in [0, 0.1) is 0 Å². The van der Waals surface area contributed by atoms with E-state index in [1.165, 1.54) is 19.9 Å². The van der Waals surface area contributed by atoms with Crippen LogP contribution in [0.15, 0.2) is 10.3 Å². The summed E-state index contributed by atoms with van der Waals surface area (Å²) in [4.78, 5) is 0. The van der Waals surface area contributed by atoms with E-state index >= 15 is 0 Å². The molecule has 0 aliphatic heterocycles. The van der Waals surface area contributed by atoms with E-state index in [9.17, 15) is 13.5 Å². The van der Waals surface area contributed by atoms with Gasteiger partial charge in [-0.05, 0) is 19.9 Å². The highest BCUT2D eigenvalue weighted by Crippen LogP contribution is 2.36. The van der Waals surface area contributed by atoms with Crippen LogP contribution in [-0.4, -0.2) is 13.5 Å². The summed E-state index contributed by atoms with van der Waals surface area (Å²) < 4.78 is 22.1. The Balaban J connectivity index is 3.33. The molecule has 0 fully saturated rings. The molecule has 1 rings (SSSR count). The number of halogens is 1. The molecule has 0 aliphatic carbocycles. The third kappa shape index (κ3) is 2.46. The van der Waals surface area contributed by atoms with Crippen molar-refractivity contribution >= 4 is 33.0 Å². The molecule has 4 nitrogen and oxygen atoms in total. The zero-order valence-electron chi connectivity index (χ0n) is 7.61. The Bertz CT molecular complexity index is 444. The van der Waals surface area contributed by atoms with E-state index in [0.29, 0.717) is 5.56 Å². The first-order valence-corrected chi connectivity index (χ1v) is 6.41. The highest BCUT2D eigenvalue weighted by molar-refractivity contribution is 7.91. The third-order valence-corrected chi connectivity index (χ3v) is 4.38. The van der Waals surface area contributed by atoms with Crippen LogP contribution in [0.3, 0.4) is 0 Å². The normalized spacial score (nSPS) is 13.2. The summed E-state index contributed by atoms with van der Waals surface area (Å²) in [6.45, 7) is 3.04. The monoisotopic (exact) mass is 255 g/mol. The maximum atomic E-state index is 11.0. The standard InChI is InChI=1S/C7H10ClNO3S2/c1-7(2,10)4-3-5(13-6(4)8)14(9,11)12/h3,10H,1-2H3,(H2,9,11,12). The van der Waals surface area contributed by atoms with Crippen molar-refractivity contribution in [3.8, 4) is 0 Å². The average Bonchev–Trinajstić information content (AvgIpc) is 2.27. The Morgan fingerprint density at radius 1 is 1.57 bits per heavy atom. The molecule has 0 amide bonds. The zero-order chi connectivity index (χ0) is 11.1. The molecule has 0 saturated heterocycles. The van der Waals surface area contributed by atoms with Gasteiger partial charge in [-0.1, -0.05) is 11.6 Å². The van der Waals surface area contributed by atoms with Gasteiger partial charge in [-0.3, -0.25) is 0 Å². The topological polar surface area (TPSA) is 80.4 Å². The number of primary sulfonamides is 1. The van der Waals surface area contributed by atoms with Gasteiger partial charge in [0.15, 0.2) is 0 Å². The van der Waals surface area contributed by atoms with Crippen LogP contribution in [0.4, 0.5) is 0 Å². The van der Waals surface area contributed by atoms with Gasteiger partial charge in [0, 0.05) is 5.56 Å². The predicted octanol–water partition coefficient (Wildman–Crippen LogP) is 1.28. The molecule has 0 aliphatic rings. The van der Waals surface area contributed by atoms with Crippen molar-refractivity contribution in [2.45, 2.75) is 23.7 Å². The lowest BCUT2D eigenvalue weighted by Crippen LogP contribution is -2.15. The molecule has 0 saturated carbocycles. The molecule has 1 aromatic heterocycles. The number of hydrogen-bond acceptors (Lipinski definition) is 4. The molecular weight excluding hydrogens is 246 g/mol. The summed E-state index contributed by atoms with van der Waals surface area (Å²) in [5, 5.41) is 14.6. The van der Waals surface area contributed by atoms with Crippen LogP contribution in [-0.2, 0) is 15.6 Å². The maximum Gasteiger partial charge on any atom is 0.247 e. The van der Waals surface area contributed by atoms with Gasteiger partial charge in [-0.25, -0.2) is 13.6 Å². The summed E-state index contributed by atoms with van der Waals surface area (Å²) in [7, 11) is -3.74. The van der Waals surface area contributed by atoms with Gasteiger partial charge in [0.1, 0.15) is 8.55 Å². The molecule has 14 heavy (non-hydrogen) atoms. The number of thiophene rings is 1. The van der Waals surface area contributed by atoms with Crippen LogP contribution in [0.2, 0.25) is 4.34 Å². The largest absolute Gasteiger partial charge is 0.386 e. The minimum absolute atomic E-state index is 0.0420. The fourth-order valence-electron chi connectivity index (χ4n) is 0.905. The molecule has 0 spiro atoms. The minimum atomic E-state index is -3.74. The molecule has 0 bridgehead atoms. The first-order chi connectivity index (χ1) is 6.12. The molecule has 1 aromatic rings. The molecular formula is C7H10ClNO3S2. The van der Waals surface area contributed by atoms with E-state index in [0.717, 1.165) is 11.3 Å². The summed E-state index contributed by atoms with van der Waals surface area (Å²) >= 11 is 6.61. The Kier molecular flexibility index (Phi) is 2.95. The zero-order valence-corrected chi connectivity index (χ0v) is 10.0. The van der Waals surface area contributed by atoms with Crippen LogP contribution >= 0.6 is 22.9 Å². The second-order valence-corrected chi connectivity index (χ2v) is 6.80. The minimum Gasteiger partial charge on any atom is -0.386 e. The predicted molar refractivity (Wildman–Crippen MR) is 55.9 cm³/mol. The van der Waals surface area contributed by atoms with E-state index in [4.69, 9.17) is 16.7 Å². The van der Waals surface area contributed by atoms with Gasteiger partial charge < -0.3 is 5.11 Å². The van der Waals surface area contributed by atoms with Crippen molar-refractivity contribution < 1.29 is 13.5 Å². The van der Waals surface area contributed by atoms with Crippen molar-refractivity contribution in [3.63, 3.8) is 0 Å². The fraction of sp³-hybridized carbons (Fsp3) is 0.429. The summed E-state index contributed by atoms with van der Waals surface area (Å²) in [6.07, 6.45) is 0. The molecule has 0 aromatic carbocycles. The van der Waals surface area contributed by atoms with Gasteiger partial charge in [0.25, 0.3) is 0 Å². The van der Waals surface area contributed by atoms with E-state index in [1.807, 2.05) is 0 Å². The lowest BCUT2D eigenvalue weighted by Gasteiger charge is -2.15. The van der Waals surface area contributed by atoms with E-state index in [-0.39, 0.29) is 8.55 Å². The number of nitrogens with two attached hydrogens (primary N) is 1. The Morgan fingerprint density at radius 2 is 2.07 bits per heavy atom. The first kappa shape index (κ1) is 11.9. The van der Waals surface area contributed by atoms with Gasteiger partial charge in [-0.15, -0.1) is 11.3 Å². The van der Waals surface area contributed by atoms with E-state index < -0.39 is 15.6 Å². The number of sulfonamides is 1. The van der Waals surface area contributed by atoms with Crippen molar-refractivity contribution in [3.05, 3.63) is 16.0 Å². The van der Waals surface area contributed by atoms with E-state index in [2.05, 4.69) is 0 Å². The highest BCUT2D eigenvalue weighted by Gasteiger charge is 2.25. The van der Waals surface area contributed by atoms with Crippen LogP contribution < -0.4 is 5.14 Å². The van der Waals surface area contributed by atoms with Gasteiger partial charge in [0.2, 0.25) is 10.0 Å². The smallest absolute Gasteiger partial charge is 0.247 e. The van der Waals surface area contributed by atoms with Gasteiger partial charge in [0.05, 0.1) is 5.60 Å². The Hall–Kier alpha value is -0.140. The summed E-state index contributed by atoms with van der Waals surface area (Å²) in [5.41, 5.74) is -0.801. The number of hydrogen-bond donors (Lipinski definition) is 2. The highest BCUT2D eigenvalue weighted by atomic mass is 35.5. The molecule has 3 N–H and O–H groups in total. The SMILES string of the molecule is CC(C)(O)c1cc(S(N)(=O)=O)sc1Cl. The van der Waals surface area contributed by atoms with Crippen molar-refractivity contribution in [2.75, 3.05) is 0 Å². The molecule has 0 unspecified atom stereocenters. The average molecular weight is 256 g/mol. The molecule has 7 heteroatoms. The number of rotatable bonds is 2. The quantitative estimate of drug-likeness (QED) is 0.835. The van der Waals surface area contributed by atoms with Crippen LogP contribution in [0.1, 0.15) is 19.4 Å². The maximum absolute atomic E-state index is 11.0. The molecule has 1 heterocycles. The van der Waals surface area contributed by atoms with Gasteiger partial charge >= 0.3 is 0 Å². The van der Waals surface area contributed by atoms with Crippen LogP contribution in [0.5, 0.6) is 0 Å². The lowest BCUT2D eigenvalue weighted by molar-refractivity contribution is 0.0790. The van der Waals surface area contributed by atoms with Crippen molar-refractivity contribution in [1.29, 1.82) is 0 Å². The second-order valence-electron chi connectivity index (χ2n) is 3.36. The Labute approximate surface area is 91.4 Å². The molecule has 80 valence electrons. The second kappa shape index (κ2) is 3.46. The third-order valence-electron chi connectivity index (χ3n) is 1.60. The molecule has 0 radical (unpaired) electrons. The summed E-state index contributed by atoms with van der Waals surface area (Å²) in [5.74, 6) is 0. The summed E-state index contributed by atoms with van der Waals surface area (Å²) in [6, 6.07) is 1.29. The fourth-order valence-corrected chi connectivity index (χ4v) is 3.35.